The van der Waals surface area contributed by atoms with Gasteiger partial charge in [0.2, 0.25) is 0 Å². The standard InChI is InChI=1S/C7H5.3ClH.Zr/c1-2-7-5-3-4-6-7;;;;/h2H2,1H3;3*1H;/q-5;;;;+3/p-3. The van der Waals surface area contributed by atoms with Crippen LogP contribution in [0.1, 0.15) is 12.5 Å². The summed E-state index contributed by atoms with van der Waals surface area (Å²) in [6.07, 6.45) is 0.986. The fourth-order valence-corrected chi connectivity index (χ4v) is 0.421. The fourth-order valence-electron chi connectivity index (χ4n) is 0.421. The van der Waals surface area contributed by atoms with Crippen molar-refractivity contribution in [2.45, 2.75) is 13.3 Å². The van der Waals surface area contributed by atoms with Crippen molar-refractivity contribution in [2.75, 3.05) is 0 Å². The van der Waals surface area contributed by atoms with Gasteiger partial charge in [-0.1, -0.05) is 6.92 Å². The minimum atomic E-state index is -2.13. The average molecular weight is 287 g/mol. The summed E-state index contributed by atoms with van der Waals surface area (Å²) in [5.41, 5.74) is 1.07. The second-order valence-electron chi connectivity index (χ2n) is 1.55. The molecule has 0 aliphatic rings. The zero-order chi connectivity index (χ0) is 8.69. The number of halogens is 3. The molecule has 0 unspecified atom stereocenters. The first-order chi connectivity index (χ1) is 5.16. The molecule has 0 atom stereocenters. The molecule has 0 saturated heterocycles. The van der Waals surface area contributed by atoms with Crippen LogP contribution in [0, 0.1) is 24.3 Å². The molecule has 11 heavy (non-hydrogen) atoms. The molecule has 4 heteroatoms. The van der Waals surface area contributed by atoms with Crippen LogP contribution in [0.15, 0.2) is 0 Å². The van der Waals surface area contributed by atoms with Crippen LogP contribution in [0.2, 0.25) is 0 Å². The van der Waals surface area contributed by atoms with Crippen LogP contribution < -0.4 is 0 Å². The van der Waals surface area contributed by atoms with E-state index in [1.807, 2.05) is 0 Å². The molecule has 0 aromatic heterocycles. The summed E-state index contributed by atoms with van der Waals surface area (Å²) in [5, 5.41) is 0. The van der Waals surface area contributed by atoms with Crippen molar-refractivity contribution >= 4 is 25.5 Å². The van der Waals surface area contributed by atoms with Crippen molar-refractivity contribution in [2.24, 2.45) is 0 Å². The third kappa shape index (κ3) is 9.01. The first-order valence-corrected chi connectivity index (χ1v) is 12.4. The van der Waals surface area contributed by atoms with Gasteiger partial charge in [-0.15, -0.1) is 0 Å². The van der Waals surface area contributed by atoms with E-state index < -0.39 is 18.2 Å². The third-order valence-electron chi connectivity index (χ3n) is 0.843. The van der Waals surface area contributed by atoms with Crippen LogP contribution >= 0.6 is 25.5 Å². The van der Waals surface area contributed by atoms with E-state index >= 15 is 0 Å². The maximum absolute atomic E-state index is 5.00. The Morgan fingerprint density at radius 2 is 1.55 bits per heavy atom. The maximum atomic E-state index is 5.00. The van der Waals surface area contributed by atoms with Crippen molar-refractivity contribution in [3.8, 4) is 0 Å². The Bertz CT molecular complexity index is 157. The molecule has 0 radical (unpaired) electrons. The zero-order valence-corrected chi connectivity index (χ0v) is 10.6. The van der Waals surface area contributed by atoms with E-state index in [9.17, 15) is 0 Å². The first kappa shape index (κ1) is 12.1. The molecular weight excluding hydrogens is 282 g/mol. The normalized spacial score (nSPS) is 8.36. The van der Waals surface area contributed by atoms with Gasteiger partial charge in [-0.25, -0.2) is 6.42 Å². The SMILES string of the molecule is CC[c-]1[c-][c-][c-][c-]1.[Cl][Zr]([Cl])[Cl]. The average Bonchev–Trinajstić information content (AvgIpc) is 2.36. The third-order valence-corrected chi connectivity index (χ3v) is 0.843. The van der Waals surface area contributed by atoms with Gasteiger partial charge >= 0.3 is 43.7 Å². The predicted molar refractivity (Wildman–Crippen MR) is 44.3 cm³/mol. The van der Waals surface area contributed by atoms with Gasteiger partial charge in [0.15, 0.2) is 0 Å². The summed E-state index contributed by atoms with van der Waals surface area (Å²) in [7, 11) is 15.0. The molecule has 1 rings (SSSR count). The summed E-state index contributed by atoms with van der Waals surface area (Å²) in [5.74, 6) is 0. The summed E-state index contributed by atoms with van der Waals surface area (Å²) in [4.78, 5) is 0. The van der Waals surface area contributed by atoms with Gasteiger partial charge in [0.25, 0.3) is 0 Å². The predicted octanol–water partition coefficient (Wildman–Crippen LogP) is 3.23. The monoisotopic (exact) mass is 284 g/mol. The summed E-state index contributed by atoms with van der Waals surface area (Å²) < 4.78 is 0. The van der Waals surface area contributed by atoms with Gasteiger partial charge in [0.05, 0.1) is 0 Å². The van der Waals surface area contributed by atoms with Gasteiger partial charge < -0.3 is 29.8 Å². The molecule has 0 fully saturated rings. The van der Waals surface area contributed by atoms with Crippen LogP contribution in [0.3, 0.4) is 0 Å². The van der Waals surface area contributed by atoms with E-state index in [4.69, 9.17) is 25.5 Å². The van der Waals surface area contributed by atoms with E-state index in [-0.39, 0.29) is 0 Å². The Hall–Kier alpha value is 1.10. The number of hydrogen-bond acceptors (Lipinski definition) is 0. The van der Waals surface area contributed by atoms with Gasteiger partial charge in [0, 0.05) is 0 Å². The summed E-state index contributed by atoms with van der Waals surface area (Å²) >= 11 is -2.13. The molecule has 0 heterocycles. The Morgan fingerprint density at radius 1 is 1.18 bits per heavy atom. The molecule has 63 valence electrons. The van der Waals surface area contributed by atoms with Crippen molar-refractivity contribution in [1.29, 1.82) is 0 Å². The van der Waals surface area contributed by atoms with Gasteiger partial charge in [-0.3, -0.25) is 0 Å². The molecular formula is C7H5Cl3Zr-5. The van der Waals surface area contributed by atoms with Crippen molar-refractivity contribution in [1.82, 2.24) is 0 Å². The summed E-state index contributed by atoms with van der Waals surface area (Å²) in [6, 6.07) is 11.1. The van der Waals surface area contributed by atoms with Crippen LogP contribution in [0.25, 0.3) is 0 Å². The molecule has 0 aliphatic carbocycles. The molecule has 0 nitrogen and oxygen atoms in total. The first-order valence-electron chi connectivity index (χ1n) is 2.88. The van der Waals surface area contributed by atoms with Crippen molar-refractivity contribution < 1.29 is 18.2 Å². The van der Waals surface area contributed by atoms with Crippen molar-refractivity contribution in [3.63, 3.8) is 0 Å². The molecule has 0 saturated carbocycles. The van der Waals surface area contributed by atoms with E-state index in [2.05, 4.69) is 31.2 Å². The van der Waals surface area contributed by atoms with Crippen LogP contribution in [-0.4, -0.2) is 0 Å². The molecule has 1 aromatic rings. The van der Waals surface area contributed by atoms with E-state index in [0.29, 0.717) is 0 Å². The van der Waals surface area contributed by atoms with Crippen LogP contribution in [0.4, 0.5) is 0 Å². The molecule has 0 bridgehead atoms. The van der Waals surface area contributed by atoms with Gasteiger partial charge in [0.1, 0.15) is 0 Å². The Labute approximate surface area is 86.1 Å². The number of hydrogen-bond donors (Lipinski definition) is 0. The second-order valence-corrected chi connectivity index (χ2v) is 12.7. The molecule has 0 amide bonds. The van der Waals surface area contributed by atoms with Crippen LogP contribution in [-0.2, 0) is 24.6 Å². The molecule has 0 aliphatic heterocycles. The summed E-state index contributed by atoms with van der Waals surface area (Å²) in [6.45, 7) is 2.06. The molecule has 1 aromatic carbocycles. The topological polar surface area (TPSA) is 0 Å². The quantitative estimate of drug-likeness (QED) is 0.695. The Balaban J connectivity index is 0.000000218. The van der Waals surface area contributed by atoms with Crippen LogP contribution in [0.5, 0.6) is 0 Å². The van der Waals surface area contributed by atoms with Gasteiger partial charge in [-0.05, 0) is 0 Å². The Morgan fingerprint density at radius 3 is 1.73 bits per heavy atom. The second kappa shape index (κ2) is 7.74. The molecule has 0 N–H and O–H groups in total. The van der Waals surface area contributed by atoms with E-state index in [1.54, 1.807) is 0 Å². The zero-order valence-electron chi connectivity index (χ0n) is 5.84. The van der Waals surface area contributed by atoms with Gasteiger partial charge in [-0.2, -0.15) is 0 Å². The number of aryl methyl sites for hydroxylation is 1. The fraction of sp³-hybridized carbons (Fsp3) is 0.286. The number of rotatable bonds is 1. The Kier molecular flexibility index (Phi) is 8.51. The van der Waals surface area contributed by atoms with Crippen molar-refractivity contribution in [3.05, 3.63) is 29.8 Å². The van der Waals surface area contributed by atoms with E-state index in [0.717, 1.165) is 12.0 Å². The molecule has 0 spiro atoms. The minimum absolute atomic E-state index is 0.986. The van der Waals surface area contributed by atoms with E-state index in [1.165, 1.54) is 0 Å².